The van der Waals surface area contributed by atoms with Crippen LogP contribution in [0.4, 0.5) is 5.82 Å². The van der Waals surface area contributed by atoms with Crippen molar-refractivity contribution in [2.45, 2.75) is 20.8 Å². The maximum Gasteiger partial charge on any atom is 0.158 e. The molecule has 0 atom stereocenters. The van der Waals surface area contributed by atoms with E-state index in [9.17, 15) is 0 Å². The lowest BCUT2D eigenvalue weighted by Crippen LogP contribution is -1.96. The number of hydrogen-bond donors (Lipinski definition) is 1. The van der Waals surface area contributed by atoms with E-state index in [1.54, 1.807) is 23.9 Å². The van der Waals surface area contributed by atoms with Crippen molar-refractivity contribution in [3.05, 3.63) is 46.6 Å². The Balaban J connectivity index is 1.77. The fourth-order valence-corrected chi connectivity index (χ4v) is 3.25. The van der Waals surface area contributed by atoms with Crippen molar-refractivity contribution < 1.29 is 4.74 Å². The molecule has 0 aliphatic rings. The Morgan fingerprint density at radius 2 is 2.00 bits per heavy atom. The first-order valence-electron chi connectivity index (χ1n) is 7.41. The number of nitrogens with zero attached hydrogens (tertiary/aromatic N) is 3. The number of hydrogen-bond acceptors (Lipinski definition) is 6. The zero-order valence-electron chi connectivity index (χ0n) is 13.3. The van der Waals surface area contributed by atoms with E-state index in [0.29, 0.717) is 6.61 Å². The predicted molar refractivity (Wildman–Crippen MR) is 95.7 cm³/mol. The molecule has 1 N–H and O–H groups in total. The summed E-state index contributed by atoms with van der Waals surface area (Å²) in [6.45, 7) is 6.81. The average molecular weight is 326 g/mol. The molecule has 0 amide bonds. The highest BCUT2D eigenvalue weighted by Crippen LogP contribution is 2.32. The lowest BCUT2D eigenvalue weighted by Gasteiger charge is -2.03. The molecule has 3 rings (SSSR count). The van der Waals surface area contributed by atoms with Gasteiger partial charge in [0.05, 0.1) is 18.2 Å². The fourth-order valence-electron chi connectivity index (χ4n) is 2.25. The van der Waals surface area contributed by atoms with E-state index in [1.165, 1.54) is 10.4 Å². The topological polar surface area (TPSA) is 59.4 Å². The van der Waals surface area contributed by atoms with Gasteiger partial charge in [-0.1, -0.05) is 0 Å². The molecule has 0 fully saturated rings. The van der Waals surface area contributed by atoms with E-state index in [4.69, 9.17) is 4.74 Å². The minimum absolute atomic E-state index is 0.665. The molecule has 0 bridgehead atoms. The molecule has 0 saturated heterocycles. The van der Waals surface area contributed by atoms with Crippen LogP contribution in [0, 0.1) is 13.8 Å². The van der Waals surface area contributed by atoms with Gasteiger partial charge in [-0.2, -0.15) is 5.10 Å². The van der Waals surface area contributed by atoms with Crippen molar-refractivity contribution in [1.82, 2.24) is 9.97 Å². The van der Waals surface area contributed by atoms with Gasteiger partial charge in [0.2, 0.25) is 0 Å². The van der Waals surface area contributed by atoms with Gasteiger partial charge < -0.3 is 4.74 Å². The number of fused-ring (bicyclic) bond motifs is 1. The molecule has 5 nitrogen and oxygen atoms in total. The normalized spacial score (nSPS) is 11.3. The zero-order chi connectivity index (χ0) is 16.2. The molecule has 6 heteroatoms. The monoisotopic (exact) mass is 326 g/mol. The summed E-state index contributed by atoms with van der Waals surface area (Å²) >= 11 is 1.67. The number of benzene rings is 1. The van der Waals surface area contributed by atoms with E-state index >= 15 is 0 Å². The smallest absolute Gasteiger partial charge is 0.158 e. The van der Waals surface area contributed by atoms with Crippen LogP contribution < -0.4 is 10.2 Å². The first-order valence-corrected chi connectivity index (χ1v) is 8.23. The van der Waals surface area contributed by atoms with Crippen LogP contribution in [0.1, 0.15) is 22.9 Å². The van der Waals surface area contributed by atoms with Gasteiger partial charge in [0.15, 0.2) is 5.82 Å². The summed E-state index contributed by atoms with van der Waals surface area (Å²) in [6.07, 6.45) is 3.32. The van der Waals surface area contributed by atoms with Crippen LogP contribution in [0.2, 0.25) is 0 Å². The number of thiophene rings is 1. The zero-order valence-corrected chi connectivity index (χ0v) is 14.1. The highest BCUT2D eigenvalue weighted by atomic mass is 32.1. The van der Waals surface area contributed by atoms with Gasteiger partial charge in [-0.05, 0) is 56.2 Å². The van der Waals surface area contributed by atoms with Crippen LogP contribution in [0.15, 0.2) is 35.7 Å². The number of rotatable bonds is 5. The largest absolute Gasteiger partial charge is 0.494 e. The van der Waals surface area contributed by atoms with E-state index in [1.807, 2.05) is 31.2 Å². The van der Waals surface area contributed by atoms with Crippen molar-refractivity contribution in [2.24, 2.45) is 5.10 Å². The third kappa shape index (κ3) is 3.32. The lowest BCUT2D eigenvalue weighted by atomic mass is 10.2. The lowest BCUT2D eigenvalue weighted by molar-refractivity contribution is 0.340. The SMILES string of the molecule is CCOc1ccc(/C=N\Nc2ncnc3sc(C)c(C)c23)cc1. The van der Waals surface area contributed by atoms with Crippen LogP contribution >= 0.6 is 11.3 Å². The molecular formula is C17H18N4OS. The van der Waals surface area contributed by atoms with Crippen molar-refractivity contribution in [2.75, 3.05) is 12.0 Å². The number of aryl methyl sites for hydroxylation is 2. The first kappa shape index (κ1) is 15.4. The van der Waals surface area contributed by atoms with Crippen LogP contribution in [0.5, 0.6) is 5.75 Å². The number of aromatic nitrogens is 2. The molecule has 3 aromatic rings. The summed E-state index contributed by atoms with van der Waals surface area (Å²) in [4.78, 5) is 10.8. The summed E-state index contributed by atoms with van der Waals surface area (Å²) in [6, 6.07) is 7.79. The number of anilines is 1. The Hall–Kier alpha value is -2.47. The van der Waals surface area contributed by atoms with Crippen LogP contribution in [0.25, 0.3) is 10.2 Å². The number of nitrogens with one attached hydrogen (secondary N) is 1. The van der Waals surface area contributed by atoms with Crippen molar-refractivity contribution >= 4 is 33.6 Å². The Kier molecular flexibility index (Phi) is 4.52. The summed E-state index contributed by atoms with van der Waals surface area (Å²) in [7, 11) is 0. The van der Waals surface area contributed by atoms with Gasteiger partial charge in [0.25, 0.3) is 0 Å². The molecule has 0 aliphatic heterocycles. The maximum absolute atomic E-state index is 5.42. The molecular weight excluding hydrogens is 308 g/mol. The Labute approximate surface area is 139 Å². The molecule has 0 spiro atoms. The van der Waals surface area contributed by atoms with Gasteiger partial charge in [0.1, 0.15) is 16.9 Å². The highest BCUT2D eigenvalue weighted by molar-refractivity contribution is 7.18. The number of ether oxygens (including phenoxy) is 1. The Bertz CT molecular complexity index is 840. The average Bonchev–Trinajstić information content (AvgIpc) is 2.85. The first-order chi connectivity index (χ1) is 11.2. The summed E-state index contributed by atoms with van der Waals surface area (Å²) in [5.74, 6) is 1.60. The van der Waals surface area contributed by atoms with Crippen LogP contribution in [-0.4, -0.2) is 22.8 Å². The van der Waals surface area contributed by atoms with Gasteiger partial charge in [-0.25, -0.2) is 9.97 Å². The molecule has 1 aromatic carbocycles. The quantitative estimate of drug-likeness (QED) is 0.565. The standard InChI is InChI=1S/C17H18N4OS/c1-4-22-14-7-5-13(6-8-14)9-20-21-16-15-11(2)12(3)23-17(15)19-10-18-16/h5-10H,4H2,1-3H3,(H,18,19,21)/b20-9-. The maximum atomic E-state index is 5.42. The molecule has 23 heavy (non-hydrogen) atoms. The second-order valence-electron chi connectivity index (χ2n) is 5.06. The van der Waals surface area contributed by atoms with E-state index in [2.05, 4.69) is 34.3 Å². The van der Waals surface area contributed by atoms with Crippen LogP contribution in [0.3, 0.4) is 0 Å². The highest BCUT2D eigenvalue weighted by Gasteiger charge is 2.11. The van der Waals surface area contributed by atoms with Crippen molar-refractivity contribution in [3.8, 4) is 5.75 Å². The third-order valence-electron chi connectivity index (χ3n) is 3.54. The molecule has 0 aliphatic carbocycles. The predicted octanol–water partition coefficient (Wildman–Crippen LogP) is 4.15. The Morgan fingerprint density at radius 1 is 1.22 bits per heavy atom. The summed E-state index contributed by atoms with van der Waals surface area (Å²) < 4.78 is 5.42. The second-order valence-corrected chi connectivity index (χ2v) is 6.26. The second kappa shape index (κ2) is 6.75. The summed E-state index contributed by atoms with van der Waals surface area (Å²) in [5.41, 5.74) is 5.21. The van der Waals surface area contributed by atoms with Crippen LogP contribution in [-0.2, 0) is 0 Å². The Morgan fingerprint density at radius 3 is 2.74 bits per heavy atom. The van der Waals surface area contributed by atoms with Gasteiger partial charge in [0, 0.05) is 4.88 Å². The fraction of sp³-hybridized carbons (Fsp3) is 0.235. The molecule has 0 radical (unpaired) electrons. The van der Waals surface area contributed by atoms with Gasteiger partial charge in [-0.15, -0.1) is 11.3 Å². The van der Waals surface area contributed by atoms with Gasteiger partial charge in [-0.3, -0.25) is 5.43 Å². The minimum atomic E-state index is 0.665. The summed E-state index contributed by atoms with van der Waals surface area (Å²) in [5, 5.41) is 5.33. The molecule has 2 aromatic heterocycles. The van der Waals surface area contributed by atoms with E-state index < -0.39 is 0 Å². The minimum Gasteiger partial charge on any atom is -0.494 e. The van der Waals surface area contributed by atoms with Crippen molar-refractivity contribution in [1.29, 1.82) is 0 Å². The molecule has 0 unspecified atom stereocenters. The van der Waals surface area contributed by atoms with E-state index in [0.717, 1.165) is 27.3 Å². The molecule has 2 heterocycles. The molecule has 0 saturated carbocycles. The van der Waals surface area contributed by atoms with Crippen molar-refractivity contribution in [3.63, 3.8) is 0 Å². The number of hydrazone groups is 1. The molecule has 118 valence electrons. The third-order valence-corrected chi connectivity index (χ3v) is 4.66. The van der Waals surface area contributed by atoms with Gasteiger partial charge >= 0.3 is 0 Å². The van der Waals surface area contributed by atoms with E-state index in [-0.39, 0.29) is 0 Å².